The highest BCUT2D eigenvalue weighted by Crippen LogP contribution is 2.74. The van der Waals surface area contributed by atoms with Crippen LogP contribution in [-0.2, 0) is 19.1 Å². The maximum absolute atomic E-state index is 14.3. The zero-order valence-electron chi connectivity index (χ0n) is 25.4. The number of ketones is 2. The summed E-state index contributed by atoms with van der Waals surface area (Å²) in [5.41, 5.74) is -5.04. The van der Waals surface area contributed by atoms with Crippen LogP contribution in [0.3, 0.4) is 0 Å². The van der Waals surface area contributed by atoms with E-state index in [1.165, 1.54) is 26.0 Å². The van der Waals surface area contributed by atoms with E-state index >= 15 is 0 Å². The summed E-state index contributed by atoms with van der Waals surface area (Å²) in [5.74, 6) is -2.48. The Bertz CT molecular complexity index is 1160. The maximum Gasteiger partial charge on any atom is 0.303 e. The molecule has 8 heteroatoms. The largest absolute Gasteiger partial charge is 0.456 e. The first kappa shape index (κ1) is 31.1. The monoisotopic (exact) mass is 560 g/mol. The molecule has 0 aromatic heterocycles. The smallest absolute Gasteiger partial charge is 0.303 e. The summed E-state index contributed by atoms with van der Waals surface area (Å²) in [5, 5.41) is 44.9. The molecule has 0 bridgehead atoms. The van der Waals surface area contributed by atoms with Crippen molar-refractivity contribution in [1.29, 1.82) is 0 Å². The Labute approximate surface area is 237 Å². The Morgan fingerprint density at radius 3 is 2.20 bits per heavy atom. The Morgan fingerprint density at radius 1 is 1.02 bits per heavy atom. The van der Waals surface area contributed by atoms with Gasteiger partial charge in [-0.1, -0.05) is 46.3 Å². The van der Waals surface area contributed by atoms with Crippen molar-refractivity contribution in [3.8, 4) is 0 Å². The molecule has 0 amide bonds. The Morgan fingerprint density at radius 2 is 1.62 bits per heavy atom. The van der Waals surface area contributed by atoms with Crippen molar-refractivity contribution in [1.82, 2.24) is 0 Å². The number of allylic oxidation sites excluding steroid dienone is 1. The van der Waals surface area contributed by atoms with Crippen LogP contribution in [0.25, 0.3) is 0 Å². The number of rotatable bonds is 5. The summed E-state index contributed by atoms with van der Waals surface area (Å²) in [6.07, 6.45) is 3.10. The highest BCUT2D eigenvalue weighted by molar-refractivity contribution is 5.97. The summed E-state index contributed by atoms with van der Waals surface area (Å²) in [4.78, 5) is 39.2. The second-order valence-electron chi connectivity index (χ2n) is 15.0. The minimum absolute atomic E-state index is 0.00125. The first-order valence-electron chi connectivity index (χ1n) is 14.5. The van der Waals surface area contributed by atoms with Gasteiger partial charge in [0.2, 0.25) is 0 Å². The van der Waals surface area contributed by atoms with Gasteiger partial charge < -0.3 is 25.2 Å². The van der Waals surface area contributed by atoms with Crippen molar-refractivity contribution in [3.63, 3.8) is 0 Å². The normalized spacial score (nSPS) is 44.2. The molecule has 0 spiro atoms. The fraction of sp³-hybridized carbons (Fsp3) is 0.781. The van der Waals surface area contributed by atoms with Gasteiger partial charge in [-0.3, -0.25) is 14.4 Å². The quantitative estimate of drug-likeness (QED) is 0.228. The third kappa shape index (κ3) is 4.19. The molecule has 0 aromatic carbocycles. The molecule has 0 unspecified atom stereocenters. The number of fused-ring (bicyclic) bond motifs is 5. The molecule has 224 valence electrons. The average Bonchev–Trinajstić information content (AvgIpc) is 3.01. The summed E-state index contributed by atoms with van der Waals surface area (Å²) in [6.45, 7) is 15.7. The fourth-order valence-electron chi connectivity index (χ4n) is 9.55. The molecule has 4 rings (SSSR count). The fourth-order valence-corrected chi connectivity index (χ4v) is 9.55. The molecule has 4 aliphatic rings. The molecule has 0 heterocycles. The standard InChI is InChI=1S/C32H48O8/c1-17(33)40-27(2,3)13-12-23(36)32(9,39)25-21(35)15-29(6)22-11-10-18-19(14-20(34)26(38)28(18,4)5)31(22,8)24(37)16-30(25,29)7/h10,12-13,19-22,25-26,34-35,38-39H,11,14-16H2,1-9H3/b13-12+/t19-,20+,21+,22-,25+,26+,29-,30+,31-,32+/m0/s1. The minimum Gasteiger partial charge on any atom is -0.456 e. The Hall–Kier alpha value is -1.87. The number of carbonyl (C=O) groups is 3. The van der Waals surface area contributed by atoms with Crippen molar-refractivity contribution in [2.45, 2.75) is 118 Å². The SMILES string of the molecule is CC(=O)OC(C)(C)/C=C/C(=O)[C@@](C)(O)[C@@H]1[C@H](O)C[C@@]2(C)[C@@H]3CC=C4[C@H](C[C@@H](O)[C@@H](O)C4(C)C)[C@]3(C)C(=O)C[C@]12C. The lowest BCUT2D eigenvalue weighted by Gasteiger charge is -2.65. The van der Waals surface area contributed by atoms with E-state index in [1.54, 1.807) is 13.8 Å². The molecule has 8 nitrogen and oxygen atoms in total. The lowest BCUT2D eigenvalue weighted by atomic mass is 9.38. The van der Waals surface area contributed by atoms with E-state index in [4.69, 9.17) is 4.74 Å². The van der Waals surface area contributed by atoms with Gasteiger partial charge in [-0.15, -0.1) is 0 Å². The second-order valence-corrected chi connectivity index (χ2v) is 15.0. The van der Waals surface area contributed by atoms with Crippen LogP contribution in [0.4, 0.5) is 0 Å². The number of hydrogen-bond acceptors (Lipinski definition) is 8. The van der Waals surface area contributed by atoms with Crippen molar-refractivity contribution in [2.75, 3.05) is 0 Å². The molecular weight excluding hydrogens is 512 g/mol. The van der Waals surface area contributed by atoms with E-state index in [0.29, 0.717) is 12.8 Å². The number of aliphatic hydroxyl groups is 4. The van der Waals surface area contributed by atoms with Gasteiger partial charge in [0.1, 0.15) is 17.0 Å². The van der Waals surface area contributed by atoms with Crippen LogP contribution in [-0.4, -0.2) is 67.5 Å². The molecule has 3 saturated carbocycles. The Balaban J connectivity index is 1.74. The van der Waals surface area contributed by atoms with Crippen molar-refractivity contribution in [3.05, 3.63) is 23.8 Å². The first-order chi connectivity index (χ1) is 18.1. The number of aliphatic hydroxyl groups excluding tert-OH is 3. The molecule has 4 N–H and O–H groups in total. The lowest BCUT2D eigenvalue weighted by Crippen LogP contribution is -2.65. The topological polar surface area (TPSA) is 141 Å². The third-order valence-electron chi connectivity index (χ3n) is 11.8. The number of carbonyl (C=O) groups excluding carboxylic acids is 3. The second kappa shape index (κ2) is 9.32. The molecule has 10 atom stereocenters. The Kier molecular flexibility index (Phi) is 7.24. The van der Waals surface area contributed by atoms with Crippen LogP contribution in [0, 0.1) is 39.4 Å². The van der Waals surface area contributed by atoms with Crippen molar-refractivity contribution in [2.24, 2.45) is 39.4 Å². The average molecular weight is 561 g/mol. The van der Waals surface area contributed by atoms with Gasteiger partial charge in [0.15, 0.2) is 5.78 Å². The first-order valence-corrected chi connectivity index (χ1v) is 14.5. The zero-order valence-corrected chi connectivity index (χ0v) is 25.4. The van der Waals surface area contributed by atoms with Crippen molar-refractivity contribution >= 4 is 17.5 Å². The molecule has 0 aliphatic heterocycles. The highest BCUT2D eigenvalue weighted by atomic mass is 16.6. The maximum atomic E-state index is 14.3. The zero-order chi connectivity index (χ0) is 30.4. The van der Waals surface area contributed by atoms with Gasteiger partial charge in [-0.05, 0) is 74.9 Å². The predicted octanol–water partition coefficient (Wildman–Crippen LogP) is 3.29. The molecule has 40 heavy (non-hydrogen) atoms. The number of hydrogen-bond donors (Lipinski definition) is 4. The van der Waals surface area contributed by atoms with E-state index in [9.17, 15) is 34.8 Å². The summed E-state index contributed by atoms with van der Waals surface area (Å²) < 4.78 is 5.23. The van der Waals surface area contributed by atoms with E-state index in [2.05, 4.69) is 13.0 Å². The van der Waals surface area contributed by atoms with E-state index in [0.717, 1.165) is 5.57 Å². The molecular formula is C32H48O8. The minimum atomic E-state index is -1.98. The van der Waals surface area contributed by atoms with E-state index in [-0.39, 0.29) is 30.5 Å². The summed E-state index contributed by atoms with van der Waals surface area (Å²) in [7, 11) is 0. The summed E-state index contributed by atoms with van der Waals surface area (Å²) in [6, 6.07) is 0. The molecule has 0 aromatic rings. The lowest BCUT2D eigenvalue weighted by molar-refractivity contribution is -0.186. The van der Waals surface area contributed by atoms with Gasteiger partial charge >= 0.3 is 5.97 Å². The van der Waals surface area contributed by atoms with Crippen LogP contribution < -0.4 is 0 Å². The van der Waals surface area contributed by atoms with Crippen LogP contribution >= 0.6 is 0 Å². The van der Waals surface area contributed by atoms with Gasteiger partial charge in [-0.2, -0.15) is 0 Å². The van der Waals surface area contributed by atoms with Crippen LogP contribution in [0.5, 0.6) is 0 Å². The third-order valence-corrected chi connectivity index (χ3v) is 11.8. The van der Waals surface area contributed by atoms with Gasteiger partial charge in [0.05, 0.1) is 18.3 Å². The van der Waals surface area contributed by atoms with E-state index < -0.39 is 68.8 Å². The molecule has 0 saturated heterocycles. The van der Waals surface area contributed by atoms with Gasteiger partial charge in [0.25, 0.3) is 0 Å². The van der Waals surface area contributed by atoms with Crippen LogP contribution in [0.15, 0.2) is 23.8 Å². The van der Waals surface area contributed by atoms with Gasteiger partial charge in [0, 0.05) is 30.1 Å². The number of esters is 1. The van der Waals surface area contributed by atoms with Gasteiger partial charge in [-0.25, -0.2) is 0 Å². The molecule has 3 fully saturated rings. The molecule has 0 radical (unpaired) electrons. The van der Waals surface area contributed by atoms with E-state index in [1.807, 2.05) is 27.7 Å². The predicted molar refractivity (Wildman–Crippen MR) is 149 cm³/mol. The molecule has 4 aliphatic carbocycles. The number of Topliss-reactive ketones (excluding diaryl/α,β-unsaturated/α-hetero) is 1. The van der Waals surface area contributed by atoms with Crippen LogP contribution in [0.1, 0.15) is 88.0 Å². The summed E-state index contributed by atoms with van der Waals surface area (Å²) >= 11 is 0. The van der Waals surface area contributed by atoms with Crippen LogP contribution in [0.2, 0.25) is 0 Å². The van der Waals surface area contributed by atoms with Crippen molar-refractivity contribution < 1.29 is 39.5 Å². The number of ether oxygens (including phenoxy) is 1. The highest BCUT2D eigenvalue weighted by Gasteiger charge is 2.74.